The number of H-pyrrole nitrogens is 1. The summed E-state index contributed by atoms with van der Waals surface area (Å²) in [7, 11) is 0. The molecule has 0 bridgehead atoms. The number of nitrogens with one attached hydrogen (secondary N) is 2. The predicted octanol–water partition coefficient (Wildman–Crippen LogP) is 2.67. The second-order valence-electron chi connectivity index (χ2n) is 4.39. The molecule has 5 heteroatoms. The summed E-state index contributed by atoms with van der Waals surface area (Å²) >= 11 is 0. The fraction of sp³-hybridized carbons (Fsp3) is 0.0667. The van der Waals surface area contributed by atoms with Gasteiger partial charge in [0.1, 0.15) is 11.6 Å². The van der Waals surface area contributed by atoms with E-state index in [0.29, 0.717) is 23.3 Å². The van der Waals surface area contributed by atoms with Gasteiger partial charge in [-0.3, -0.25) is 4.79 Å². The van der Waals surface area contributed by atoms with Crippen LogP contribution in [0.25, 0.3) is 10.9 Å². The highest BCUT2D eigenvalue weighted by atomic mass is 19.1. The molecule has 0 unspecified atom stereocenters. The Hall–Kier alpha value is -2.69. The number of hydrogen-bond donors (Lipinski definition) is 2. The number of fused-ring (bicyclic) bond motifs is 1. The zero-order valence-electron chi connectivity index (χ0n) is 10.6. The number of benzene rings is 2. The van der Waals surface area contributed by atoms with Gasteiger partial charge in [-0.15, -0.1) is 0 Å². The molecule has 0 aliphatic carbocycles. The van der Waals surface area contributed by atoms with Crippen molar-refractivity contribution in [1.29, 1.82) is 0 Å². The van der Waals surface area contributed by atoms with Crippen LogP contribution in [0.5, 0.6) is 0 Å². The first kappa shape index (κ1) is 12.3. The van der Waals surface area contributed by atoms with Crippen LogP contribution in [0, 0.1) is 5.82 Å². The van der Waals surface area contributed by atoms with Crippen molar-refractivity contribution in [2.24, 2.45) is 0 Å². The highest BCUT2D eigenvalue weighted by molar-refractivity contribution is 5.77. The average Bonchev–Trinajstić information content (AvgIpc) is 2.47. The van der Waals surface area contributed by atoms with E-state index in [1.807, 2.05) is 6.07 Å². The molecule has 0 aliphatic heterocycles. The number of aromatic nitrogens is 2. The third kappa shape index (κ3) is 2.51. The molecule has 0 aliphatic rings. The standard InChI is InChI=1S/C15H12FN3O/c16-10-5-7-11(8-6-10)17-9-14-18-13-4-2-1-3-12(13)15(20)19-14/h1-8,17H,9H2,(H,18,19,20). The Balaban J connectivity index is 1.84. The number of hydrogen-bond acceptors (Lipinski definition) is 3. The molecule has 2 aromatic carbocycles. The van der Waals surface area contributed by atoms with Gasteiger partial charge in [-0.1, -0.05) is 12.1 Å². The van der Waals surface area contributed by atoms with Crippen molar-refractivity contribution in [3.8, 4) is 0 Å². The van der Waals surface area contributed by atoms with Crippen molar-refractivity contribution in [1.82, 2.24) is 9.97 Å². The summed E-state index contributed by atoms with van der Waals surface area (Å²) < 4.78 is 12.8. The maximum Gasteiger partial charge on any atom is 0.258 e. The highest BCUT2D eigenvalue weighted by Crippen LogP contribution is 2.10. The molecular weight excluding hydrogens is 257 g/mol. The summed E-state index contributed by atoms with van der Waals surface area (Å²) in [5.41, 5.74) is 1.26. The van der Waals surface area contributed by atoms with Crippen LogP contribution in [0.4, 0.5) is 10.1 Å². The van der Waals surface area contributed by atoms with Gasteiger partial charge in [-0.05, 0) is 36.4 Å². The van der Waals surface area contributed by atoms with E-state index in [0.717, 1.165) is 5.69 Å². The molecule has 2 N–H and O–H groups in total. The minimum atomic E-state index is -0.284. The Kier molecular flexibility index (Phi) is 3.16. The molecule has 0 spiro atoms. The number of aromatic amines is 1. The van der Waals surface area contributed by atoms with Gasteiger partial charge in [0.05, 0.1) is 17.4 Å². The highest BCUT2D eigenvalue weighted by Gasteiger charge is 2.03. The molecule has 0 atom stereocenters. The smallest absolute Gasteiger partial charge is 0.258 e. The van der Waals surface area contributed by atoms with Gasteiger partial charge in [0.2, 0.25) is 0 Å². The minimum Gasteiger partial charge on any atom is -0.378 e. The first-order valence-corrected chi connectivity index (χ1v) is 6.20. The van der Waals surface area contributed by atoms with Crippen molar-refractivity contribution in [2.75, 3.05) is 5.32 Å². The van der Waals surface area contributed by atoms with Gasteiger partial charge >= 0.3 is 0 Å². The summed E-state index contributed by atoms with van der Waals surface area (Å²) in [5.74, 6) is 0.255. The Bertz CT molecular complexity index is 796. The average molecular weight is 269 g/mol. The van der Waals surface area contributed by atoms with Crippen LogP contribution in [-0.2, 0) is 6.54 Å². The Labute approximate surface area is 114 Å². The van der Waals surface area contributed by atoms with E-state index >= 15 is 0 Å². The fourth-order valence-corrected chi connectivity index (χ4v) is 1.97. The van der Waals surface area contributed by atoms with E-state index in [4.69, 9.17) is 0 Å². The van der Waals surface area contributed by atoms with E-state index in [2.05, 4.69) is 15.3 Å². The molecule has 0 saturated heterocycles. The van der Waals surface area contributed by atoms with E-state index < -0.39 is 0 Å². The Morgan fingerprint density at radius 1 is 1.10 bits per heavy atom. The lowest BCUT2D eigenvalue weighted by Gasteiger charge is -2.06. The third-order valence-corrected chi connectivity index (χ3v) is 2.97. The molecule has 0 saturated carbocycles. The van der Waals surface area contributed by atoms with E-state index in [1.165, 1.54) is 12.1 Å². The zero-order chi connectivity index (χ0) is 13.9. The first-order valence-electron chi connectivity index (χ1n) is 6.20. The summed E-state index contributed by atoms with van der Waals surface area (Å²) in [6, 6.07) is 13.2. The molecule has 1 aromatic heterocycles. The minimum absolute atomic E-state index is 0.161. The predicted molar refractivity (Wildman–Crippen MR) is 76.1 cm³/mol. The number of nitrogens with zero attached hydrogens (tertiary/aromatic N) is 1. The van der Waals surface area contributed by atoms with Gasteiger partial charge in [0.25, 0.3) is 5.56 Å². The molecule has 20 heavy (non-hydrogen) atoms. The fourth-order valence-electron chi connectivity index (χ4n) is 1.97. The second-order valence-corrected chi connectivity index (χ2v) is 4.39. The quantitative estimate of drug-likeness (QED) is 0.768. The van der Waals surface area contributed by atoms with Crippen LogP contribution in [0.3, 0.4) is 0 Å². The number of para-hydroxylation sites is 1. The monoisotopic (exact) mass is 269 g/mol. The maximum atomic E-state index is 12.8. The van der Waals surface area contributed by atoms with Gasteiger partial charge in [-0.25, -0.2) is 9.37 Å². The maximum absolute atomic E-state index is 12.8. The van der Waals surface area contributed by atoms with Crippen molar-refractivity contribution >= 4 is 16.6 Å². The molecular formula is C15H12FN3O. The summed E-state index contributed by atoms with van der Waals surface area (Å²) in [4.78, 5) is 19.0. The second kappa shape index (κ2) is 5.13. The number of halogens is 1. The van der Waals surface area contributed by atoms with Crippen LogP contribution < -0.4 is 10.9 Å². The van der Waals surface area contributed by atoms with Crippen LogP contribution >= 0.6 is 0 Å². The Morgan fingerprint density at radius 3 is 2.65 bits per heavy atom. The topological polar surface area (TPSA) is 57.8 Å². The van der Waals surface area contributed by atoms with Crippen LogP contribution in [0.15, 0.2) is 53.3 Å². The Morgan fingerprint density at radius 2 is 1.85 bits per heavy atom. The van der Waals surface area contributed by atoms with Crippen molar-refractivity contribution in [3.63, 3.8) is 0 Å². The summed E-state index contributed by atoms with van der Waals surface area (Å²) in [6.45, 7) is 0.367. The molecule has 3 rings (SSSR count). The van der Waals surface area contributed by atoms with E-state index in [9.17, 15) is 9.18 Å². The largest absolute Gasteiger partial charge is 0.378 e. The number of anilines is 1. The molecule has 0 amide bonds. The number of rotatable bonds is 3. The van der Waals surface area contributed by atoms with Gasteiger partial charge in [0.15, 0.2) is 0 Å². The summed E-state index contributed by atoms with van der Waals surface area (Å²) in [6.07, 6.45) is 0. The van der Waals surface area contributed by atoms with Crippen molar-refractivity contribution in [2.45, 2.75) is 6.54 Å². The zero-order valence-corrected chi connectivity index (χ0v) is 10.6. The molecule has 100 valence electrons. The van der Waals surface area contributed by atoms with E-state index in [-0.39, 0.29) is 11.4 Å². The van der Waals surface area contributed by atoms with Crippen molar-refractivity contribution < 1.29 is 4.39 Å². The molecule has 3 aromatic rings. The SMILES string of the molecule is O=c1[nH]c(CNc2ccc(F)cc2)nc2ccccc12. The van der Waals surface area contributed by atoms with Crippen LogP contribution in [0.1, 0.15) is 5.82 Å². The summed E-state index contributed by atoms with van der Waals surface area (Å²) in [5, 5.41) is 3.65. The van der Waals surface area contributed by atoms with Gasteiger partial charge in [0, 0.05) is 5.69 Å². The van der Waals surface area contributed by atoms with Crippen molar-refractivity contribution in [3.05, 3.63) is 70.5 Å². The van der Waals surface area contributed by atoms with Gasteiger partial charge in [-0.2, -0.15) is 0 Å². The van der Waals surface area contributed by atoms with Gasteiger partial charge < -0.3 is 10.3 Å². The lowest BCUT2D eigenvalue weighted by molar-refractivity contribution is 0.628. The van der Waals surface area contributed by atoms with Crippen LogP contribution in [-0.4, -0.2) is 9.97 Å². The molecule has 4 nitrogen and oxygen atoms in total. The lowest BCUT2D eigenvalue weighted by Crippen LogP contribution is -2.14. The first-order chi connectivity index (χ1) is 9.72. The molecule has 0 radical (unpaired) electrons. The molecule has 0 fully saturated rings. The molecule has 1 heterocycles. The normalized spacial score (nSPS) is 10.7. The lowest BCUT2D eigenvalue weighted by atomic mass is 10.2. The van der Waals surface area contributed by atoms with Crippen LogP contribution in [0.2, 0.25) is 0 Å². The van der Waals surface area contributed by atoms with E-state index in [1.54, 1.807) is 30.3 Å². The third-order valence-electron chi connectivity index (χ3n) is 2.97.